The Labute approximate surface area is 200 Å². The molecule has 0 spiro atoms. The Balaban J connectivity index is 1.32. The Hall–Kier alpha value is -2.63. The van der Waals surface area contributed by atoms with Crippen LogP contribution in [0.15, 0.2) is 65.6 Å². The molecule has 2 aliphatic heterocycles. The highest BCUT2D eigenvalue weighted by atomic mass is 32.2. The van der Waals surface area contributed by atoms with Crippen molar-refractivity contribution in [2.45, 2.75) is 37.9 Å². The standard InChI is InChI=1S/C28H31NO3S/c1-20-5-14-27(33-20)26-12-6-21-19-22(30)7-13-25(21)28(26)32-24-10-8-23(9-11-24)31-18-17-29-15-3-2-4-16-29/h5-13,19,27,30H,2-4,14-18H2,1H3. The number of phenols is 1. The van der Waals surface area contributed by atoms with E-state index in [1.165, 1.54) is 42.8 Å². The van der Waals surface area contributed by atoms with E-state index in [4.69, 9.17) is 9.47 Å². The maximum atomic E-state index is 9.94. The molecular formula is C28H31NO3S. The fraction of sp³-hybridized carbons (Fsp3) is 0.357. The second-order valence-electron chi connectivity index (χ2n) is 8.87. The molecule has 172 valence electrons. The summed E-state index contributed by atoms with van der Waals surface area (Å²) in [4.78, 5) is 3.83. The lowest BCUT2D eigenvalue weighted by atomic mass is 10.0. The number of hydrogen-bond acceptors (Lipinski definition) is 5. The molecule has 5 heteroatoms. The zero-order valence-electron chi connectivity index (χ0n) is 19.1. The van der Waals surface area contributed by atoms with Crippen molar-refractivity contribution < 1.29 is 14.6 Å². The number of thioether (sulfide) groups is 1. The number of phenolic OH excluding ortho intramolecular Hbond substituents is 1. The maximum absolute atomic E-state index is 9.94. The molecule has 2 aliphatic rings. The van der Waals surface area contributed by atoms with Crippen molar-refractivity contribution in [3.8, 4) is 23.0 Å². The van der Waals surface area contributed by atoms with Gasteiger partial charge in [0.25, 0.3) is 0 Å². The van der Waals surface area contributed by atoms with Crippen LogP contribution in [-0.4, -0.2) is 36.2 Å². The highest BCUT2D eigenvalue weighted by Crippen LogP contribution is 2.49. The third-order valence-electron chi connectivity index (χ3n) is 6.45. The van der Waals surface area contributed by atoms with Gasteiger partial charge < -0.3 is 14.6 Å². The predicted molar refractivity (Wildman–Crippen MR) is 137 cm³/mol. The van der Waals surface area contributed by atoms with E-state index < -0.39 is 0 Å². The average molecular weight is 462 g/mol. The van der Waals surface area contributed by atoms with Crippen molar-refractivity contribution in [3.63, 3.8) is 0 Å². The molecule has 2 heterocycles. The second-order valence-corrected chi connectivity index (χ2v) is 10.3. The zero-order chi connectivity index (χ0) is 22.6. The van der Waals surface area contributed by atoms with Gasteiger partial charge in [-0.15, -0.1) is 11.8 Å². The summed E-state index contributed by atoms with van der Waals surface area (Å²) in [6, 6.07) is 17.6. The first-order chi connectivity index (χ1) is 16.2. The van der Waals surface area contributed by atoms with Crippen molar-refractivity contribution in [2.24, 2.45) is 0 Å². The van der Waals surface area contributed by atoms with Crippen LogP contribution >= 0.6 is 11.8 Å². The van der Waals surface area contributed by atoms with Crippen molar-refractivity contribution in [1.29, 1.82) is 0 Å². The van der Waals surface area contributed by atoms with Crippen LogP contribution < -0.4 is 9.47 Å². The first kappa shape index (κ1) is 22.2. The van der Waals surface area contributed by atoms with Crippen molar-refractivity contribution >= 4 is 22.5 Å². The molecule has 1 fully saturated rings. The Kier molecular flexibility index (Phi) is 6.79. The number of benzene rings is 3. The van der Waals surface area contributed by atoms with Gasteiger partial charge in [-0.05, 0) is 92.0 Å². The minimum Gasteiger partial charge on any atom is -0.508 e. The van der Waals surface area contributed by atoms with Gasteiger partial charge in [0.1, 0.15) is 29.6 Å². The number of likely N-dealkylation sites (tertiary alicyclic amines) is 1. The average Bonchev–Trinajstić information content (AvgIpc) is 3.27. The SMILES string of the molecule is CC1=CCC(c2ccc3cc(O)ccc3c2Oc2ccc(OCCN3CCCCC3)cc2)S1. The van der Waals surface area contributed by atoms with Crippen LogP contribution in [0.3, 0.4) is 0 Å². The van der Waals surface area contributed by atoms with Crippen molar-refractivity contribution in [3.05, 3.63) is 71.1 Å². The van der Waals surface area contributed by atoms with E-state index in [0.717, 1.165) is 41.0 Å². The van der Waals surface area contributed by atoms with Crippen LogP contribution in [-0.2, 0) is 0 Å². The lowest BCUT2D eigenvalue weighted by Crippen LogP contribution is -2.33. The Morgan fingerprint density at radius 3 is 2.52 bits per heavy atom. The van der Waals surface area contributed by atoms with E-state index >= 15 is 0 Å². The Bertz CT molecular complexity index is 1140. The largest absolute Gasteiger partial charge is 0.508 e. The third kappa shape index (κ3) is 5.31. The minimum absolute atomic E-state index is 0.264. The number of nitrogens with zero attached hydrogens (tertiary/aromatic N) is 1. The Morgan fingerprint density at radius 1 is 0.970 bits per heavy atom. The lowest BCUT2D eigenvalue weighted by Gasteiger charge is -2.26. The first-order valence-electron chi connectivity index (χ1n) is 11.9. The molecular weight excluding hydrogens is 430 g/mol. The third-order valence-corrected chi connectivity index (χ3v) is 7.72. The van der Waals surface area contributed by atoms with Gasteiger partial charge in [-0.25, -0.2) is 0 Å². The van der Waals surface area contributed by atoms with Crippen LogP contribution in [0.4, 0.5) is 0 Å². The van der Waals surface area contributed by atoms with Gasteiger partial charge in [0, 0.05) is 22.7 Å². The molecule has 1 atom stereocenters. The van der Waals surface area contributed by atoms with Gasteiger partial charge in [-0.1, -0.05) is 24.6 Å². The first-order valence-corrected chi connectivity index (χ1v) is 12.8. The molecule has 3 aromatic carbocycles. The molecule has 33 heavy (non-hydrogen) atoms. The number of rotatable bonds is 7. The van der Waals surface area contributed by atoms with Crippen molar-refractivity contribution in [2.75, 3.05) is 26.2 Å². The molecule has 0 aliphatic carbocycles. The van der Waals surface area contributed by atoms with E-state index in [2.05, 4.69) is 30.0 Å². The number of fused-ring (bicyclic) bond motifs is 1. The van der Waals surface area contributed by atoms with Crippen LogP contribution in [0, 0.1) is 0 Å². The highest BCUT2D eigenvalue weighted by Gasteiger charge is 2.23. The Morgan fingerprint density at radius 2 is 1.76 bits per heavy atom. The molecule has 1 N–H and O–H groups in total. The highest BCUT2D eigenvalue weighted by molar-refractivity contribution is 8.03. The molecule has 0 saturated carbocycles. The lowest BCUT2D eigenvalue weighted by molar-refractivity contribution is 0.183. The number of hydrogen-bond donors (Lipinski definition) is 1. The minimum atomic E-state index is 0.264. The van der Waals surface area contributed by atoms with Crippen LogP contribution in [0.2, 0.25) is 0 Å². The van der Waals surface area contributed by atoms with Gasteiger partial charge >= 0.3 is 0 Å². The summed E-state index contributed by atoms with van der Waals surface area (Å²) in [5.74, 6) is 2.79. The monoisotopic (exact) mass is 461 g/mol. The van der Waals surface area contributed by atoms with E-state index in [0.29, 0.717) is 11.9 Å². The predicted octanol–water partition coefficient (Wildman–Crippen LogP) is 7.28. The molecule has 1 saturated heterocycles. The summed E-state index contributed by atoms with van der Waals surface area (Å²) in [5.41, 5.74) is 1.19. The van der Waals surface area contributed by atoms with Crippen LogP contribution in [0.1, 0.15) is 43.4 Å². The summed E-state index contributed by atoms with van der Waals surface area (Å²) in [7, 11) is 0. The van der Waals surface area contributed by atoms with Crippen molar-refractivity contribution in [1.82, 2.24) is 4.90 Å². The van der Waals surface area contributed by atoms with Gasteiger partial charge in [0.15, 0.2) is 0 Å². The van der Waals surface area contributed by atoms with E-state index in [1.807, 2.05) is 42.1 Å². The summed E-state index contributed by atoms with van der Waals surface area (Å²) in [6.07, 6.45) is 7.25. The fourth-order valence-electron chi connectivity index (χ4n) is 4.65. The number of piperidine rings is 1. The second kappa shape index (κ2) is 10.1. The molecule has 0 bridgehead atoms. The van der Waals surface area contributed by atoms with E-state index in [9.17, 15) is 5.11 Å². The molecule has 1 unspecified atom stereocenters. The van der Waals surface area contributed by atoms with E-state index in [-0.39, 0.29) is 5.75 Å². The summed E-state index contributed by atoms with van der Waals surface area (Å²) in [6.45, 7) is 6.24. The molecule has 4 nitrogen and oxygen atoms in total. The van der Waals surface area contributed by atoms with Gasteiger partial charge in [-0.2, -0.15) is 0 Å². The molecule has 3 aromatic rings. The molecule has 5 rings (SSSR count). The smallest absolute Gasteiger partial charge is 0.139 e. The fourth-order valence-corrected chi connectivity index (χ4v) is 5.80. The van der Waals surface area contributed by atoms with Crippen LogP contribution in [0.25, 0.3) is 10.8 Å². The van der Waals surface area contributed by atoms with Crippen LogP contribution in [0.5, 0.6) is 23.0 Å². The zero-order valence-corrected chi connectivity index (χ0v) is 19.9. The van der Waals surface area contributed by atoms with Gasteiger partial charge in [0.05, 0.1) is 0 Å². The molecule has 0 amide bonds. The molecule has 0 aromatic heterocycles. The quantitative estimate of drug-likeness (QED) is 0.400. The molecule has 0 radical (unpaired) electrons. The summed E-state index contributed by atoms with van der Waals surface area (Å²) >= 11 is 1.89. The number of aromatic hydroxyl groups is 1. The number of ether oxygens (including phenoxy) is 2. The van der Waals surface area contributed by atoms with Gasteiger partial charge in [0.2, 0.25) is 0 Å². The summed E-state index contributed by atoms with van der Waals surface area (Å²) in [5, 5.41) is 12.3. The normalized spacial score (nSPS) is 18.9. The summed E-state index contributed by atoms with van der Waals surface area (Å²) < 4.78 is 12.5. The number of allylic oxidation sites excluding steroid dienone is 2. The maximum Gasteiger partial charge on any atom is 0.139 e. The topological polar surface area (TPSA) is 41.9 Å². The van der Waals surface area contributed by atoms with Gasteiger partial charge in [-0.3, -0.25) is 4.90 Å². The van der Waals surface area contributed by atoms with E-state index in [1.54, 1.807) is 12.1 Å².